The average Bonchev–Trinajstić information content (AvgIpc) is 2.17. The lowest BCUT2D eigenvalue weighted by Crippen LogP contribution is -2.43. The summed E-state index contributed by atoms with van der Waals surface area (Å²) in [5.41, 5.74) is 1.51. The summed E-state index contributed by atoms with van der Waals surface area (Å²) in [7, 11) is 0. The van der Waals surface area contributed by atoms with Crippen molar-refractivity contribution in [3.05, 3.63) is 23.8 Å². The molecule has 0 amide bonds. The van der Waals surface area contributed by atoms with E-state index in [1.807, 2.05) is 11.8 Å². The van der Waals surface area contributed by atoms with Gasteiger partial charge in [0.2, 0.25) is 0 Å². The quantitative estimate of drug-likeness (QED) is 0.663. The van der Waals surface area contributed by atoms with Gasteiger partial charge in [-0.2, -0.15) is 11.8 Å². The first kappa shape index (κ1) is 8.39. The van der Waals surface area contributed by atoms with E-state index in [9.17, 15) is 0 Å². The summed E-state index contributed by atoms with van der Waals surface area (Å²) in [5.74, 6) is 0. The van der Waals surface area contributed by atoms with Crippen LogP contribution < -0.4 is 5.32 Å². The molecule has 2 aliphatic rings. The van der Waals surface area contributed by atoms with Gasteiger partial charge in [0.25, 0.3) is 0 Å². The van der Waals surface area contributed by atoms with Crippen LogP contribution in [0.4, 0.5) is 0 Å². The van der Waals surface area contributed by atoms with Crippen molar-refractivity contribution in [1.82, 2.24) is 5.32 Å². The molecule has 0 aromatic rings. The van der Waals surface area contributed by atoms with E-state index < -0.39 is 0 Å². The highest BCUT2D eigenvalue weighted by atomic mass is 32.2. The van der Waals surface area contributed by atoms with Gasteiger partial charge in [-0.25, -0.2) is 0 Å². The smallest absolute Gasteiger partial charge is 0.0439 e. The topological polar surface area (TPSA) is 12.0 Å². The number of nitrogens with one attached hydrogen (secondary N) is 1. The van der Waals surface area contributed by atoms with Crippen molar-refractivity contribution < 1.29 is 0 Å². The number of hydrogen-bond donors (Lipinski definition) is 1. The Morgan fingerprint density at radius 3 is 3.33 bits per heavy atom. The van der Waals surface area contributed by atoms with Crippen molar-refractivity contribution in [3.8, 4) is 0 Å². The highest BCUT2D eigenvalue weighted by Gasteiger charge is 2.26. The van der Waals surface area contributed by atoms with E-state index in [2.05, 4.69) is 29.8 Å². The molecule has 2 atom stereocenters. The average molecular weight is 181 g/mol. The van der Waals surface area contributed by atoms with E-state index in [1.54, 1.807) is 0 Å². The zero-order valence-corrected chi connectivity index (χ0v) is 8.23. The van der Waals surface area contributed by atoms with Gasteiger partial charge in [0.15, 0.2) is 0 Å². The van der Waals surface area contributed by atoms with Gasteiger partial charge in [-0.3, -0.25) is 0 Å². The van der Waals surface area contributed by atoms with Gasteiger partial charge in [0.05, 0.1) is 0 Å². The van der Waals surface area contributed by atoms with Crippen LogP contribution in [-0.2, 0) is 0 Å². The largest absolute Gasteiger partial charge is 0.305 e. The predicted molar refractivity (Wildman–Crippen MR) is 55.6 cm³/mol. The molecule has 12 heavy (non-hydrogen) atoms. The molecule has 0 bridgehead atoms. The molecule has 0 saturated heterocycles. The molecule has 2 unspecified atom stereocenters. The lowest BCUT2D eigenvalue weighted by Gasteiger charge is -2.33. The van der Waals surface area contributed by atoms with Crippen molar-refractivity contribution in [3.63, 3.8) is 0 Å². The highest BCUT2D eigenvalue weighted by molar-refractivity contribution is 7.99. The summed E-state index contributed by atoms with van der Waals surface area (Å²) in [6.07, 6.45) is 11.7. The fourth-order valence-corrected chi connectivity index (χ4v) is 2.88. The van der Waals surface area contributed by atoms with Gasteiger partial charge in [-0.1, -0.05) is 18.2 Å². The third-order valence-corrected chi connectivity index (χ3v) is 3.74. The molecule has 0 saturated carbocycles. The Labute approximate surface area is 78.3 Å². The van der Waals surface area contributed by atoms with E-state index >= 15 is 0 Å². The lowest BCUT2D eigenvalue weighted by molar-refractivity contribution is 0.535. The first-order valence-corrected chi connectivity index (χ1v) is 5.83. The normalized spacial score (nSPS) is 34.2. The van der Waals surface area contributed by atoms with Crippen LogP contribution in [0, 0.1) is 0 Å². The zero-order chi connectivity index (χ0) is 8.39. The third-order valence-electron chi connectivity index (χ3n) is 2.63. The van der Waals surface area contributed by atoms with E-state index in [0.717, 1.165) is 11.8 Å². The molecular weight excluding hydrogens is 166 g/mol. The van der Waals surface area contributed by atoms with Gasteiger partial charge >= 0.3 is 0 Å². The SMILES string of the molecule is CSC1CCC=C2C=CCNC21. The molecule has 1 heterocycles. The predicted octanol–water partition coefficient (Wildman–Crippen LogP) is 1.97. The van der Waals surface area contributed by atoms with E-state index in [4.69, 9.17) is 0 Å². The van der Waals surface area contributed by atoms with Crippen LogP contribution in [0.25, 0.3) is 0 Å². The highest BCUT2D eigenvalue weighted by Crippen LogP contribution is 2.29. The second-order valence-electron chi connectivity index (χ2n) is 3.34. The van der Waals surface area contributed by atoms with Gasteiger partial charge in [0, 0.05) is 17.8 Å². The van der Waals surface area contributed by atoms with Gasteiger partial charge < -0.3 is 5.32 Å². The number of thioether (sulfide) groups is 1. The molecule has 0 spiro atoms. The minimum Gasteiger partial charge on any atom is -0.305 e. The Morgan fingerprint density at radius 1 is 1.58 bits per heavy atom. The molecule has 66 valence electrons. The summed E-state index contributed by atoms with van der Waals surface area (Å²) in [6.45, 7) is 1.04. The van der Waals surface area contributed by atoms with E-state index in [-0.39, 0.29) is 0 Å². The molecule has 0 radical (unpaired) electrons. The van der Waals surface area contributed by atoms with Gasteiger partial charge in [-0.05, 0) is 24.7 Å². The maximum Gasteiger partial charge on any atom is 0.0439 e. The molecule has 1 N–H and O–H groups in total. The van der Waals surface area contributed by atoms with Crippen LogP contribution in [0.1, 0.15) is 12.8 Å². The number of allylic oxidation sites excluding steroid dienone is 1. The molecule has 1 aliphatic carbocycles. The summed E-state index contributed by atoms with van der Waals surface area (Å²) in [6, 6.07) is 0.624. The first-order chi connectivity index (χ1) is 5.92. The van der Waals surface area contributed by atoms with Crippen LogP contribution >= 0.6 is 11.8 Å². The standard InChI is InChI=1S/C10H15NS/c1-12-9-6-2-4-8-5-3-7-11-10(8)9/h3-5,9-11H,2,6-7H2,1H3. The molecule has 0 aromatic carbocycles. The Morgan fingerprint density at radius 2 is 2.50 bits per heavy atom. The van der Waals surface area contributed by atoms with Gasteiger partial charge in [-0.15, -0.1) is 0 Å². The Bertz CT molecular complexity index is 220. The summed E-state index contributed by atoms with van der Waals surface area (Å²) < 4.78 is 0. The fourth-order valence-electron chi connectivity index (χ4n) is 1.99. The van der Waals surface area contributed by atoms with Crippen LogP contribution in [0.2, 0.25) is 0 Å². The number of fused-ring (bicyclic) bond motifs is 1. The maximum atomic E-state index is 3.55. The molecule has 1 nitrogen and oxygen atoms in total. The fraction of sp³-hybridized carbons (Fsp3) is 0.600. The Hall–Kier alpha value is -0.210. The summed E-state index contributed by atoms with van der Waals surface area (Å²) >= 11 is 1.99. The number of rotatable bonds is 1. The van der Waals surface area contributed by atoms with E-state index in [0.29, 0.717) is 6.04 Å². The van der Waals surface area contributed by atoms with Crippen molar-refractivity contribution >= 4 is 11.8 Å². The molecule has 2 heteroatoms. The first-order valence-electron chi connectivity index (χ1n) is 4.54. The minimum absolute atomic E-state index is 0.624. The van der Waals surface area contributed by atoms with Crippen molar-refractivity contribution in [2.24, 2.45) is 0 Å². The number of hydrogen-bond acceptors (Lipinski definition) is 2. The second-order valence-corrected chi connectivity index (χ2v) is 4.42. The third kappa shape index (κ3) is 1.46. The molecular formula is C10H15NS. The maximum absolute atomic E-state index is 3.55. The molecule has 2 rings (SSSR count). The zero-order valence-electron chi connectivity index (χ0n) is 7.42. The Balaban J connectivity index is 2.18. The van der Waals surface area contributed by atoms with Crippen molar-refractivity contribution in [2.75, 3.05) is 12.8 Å². The molecule has 0 aromatic heterocycles. The van der Waals surface area contributed by atoms with Crippen LogP contribution in [0.15, 0.2) is 23.8 Å². The Kier molecular flexibility index (Phi) is 2.57. The molecule has 1 aliphatic heterocycles. The van der Waals surface area contributed by atoms with Crippen LogP contribution in [0.3, 0.4) is 0 Å². The minimum atomic E-state index is 0.624. The van der Waals surface area contributed by atoms with E-state index in [1.165, 1.54) is 18.4 Å². The lowest BCUT2D eigenvalue weighted by atomic mass is 9.91. The van der Waals surface area contributed by atoms with Crippen LogP contribution in [-0.4, -0.2) is 24.1 Å². The van der Waals surface area contributed by atoms with Crippen LogP contribution in [0.5, 0.6) is 0 Å². The second kappa shape index (κ2) is 3.67. The van der Waals surface area contributed by atoms with Gasteiger partial charge in [0.1, 0.15) is 0 Å². The summed E-state index contributed by atoms with van der Waals surface area (Å²) in [5, 5.41) is 4.33. The summed E-state index contributed by atoms with van der Waals surface area (Å²) in [4.78, 5) is 0. The van der Waals surface area contributed by atoms with Crippen molar-refractivity contribution in [1.29, 1.82) is 0 Å². The van der Waals surface area contributed by atoms with Crippen molar-refractivity contribution in [2.45, 2.75) is 24.1 Å². The monoisotopic (exact) mass is 181 g/mol. The molecule has 0 fully saturated rings.